The smallest absolute Gasteiger partial charge is 0.354 e. The van der Waals surface area contributed by atoms with Crippen LogP contribution < -0.4 is 5.32 Å². The quantitative estimate of drug-likeness (QED) is 0.770. The second kappa shape index (κ2) is 6.88. The molecule has 0 saturated carbocycles. The van der Waals surface area contributed by atoms with Gasteiger partial charge in [0, 0.05) is 39.1 Å². The highest BCUT2D eigenvalue weighted by Crippen LogP contribution is 2.24. The lowest BCUT2D eigenvalue weighted by molar-refractivity contribution is -0.230. The SMILES string of the molecule is CCn1cc(CNC(C(OC)OC)C(F)(F)F)cn1. The van der Waals surface area contributed by atoms with Crippen molar-refractivity contribution in [3.8, 4) is 0 Å². The van der Waals surface area contributed by atoms with Crippen LogP contribution >= 0.6 is 0 Å². The van der Waals surface area contributed by atoms with Crippen LogP contribution in [0, 0.1) is 0 Å². The van der Waals surface area contributed by atoms with Gasteiger partial charge in [-0.25, -0.2) is 0 Å². The van der Waals surface area contributed by atoms with Crippen LogP contribution in [0.1, 0.15) is 12.5 Å². The van der Waals surface area contributed by atoms with E-state index in [0.717, 1.165) is 0 Å². The molecule has 0 radical (unpaired) electrons. The van der Waals surface area contributed by atoms with Gasteiger partial charge in [-0.05, 0) is 6.92 Å². The standard InChI is InChI=1S/C11H18F3N3O2/c1-4-17-7-8(6-16-17)5-15-9(11(12,13)14)10(18-2)19-3/h6-7,9-10,15H,4-5H2,1-3H3. The maximum atomic E-state index is 12.9. The van der Waals surface area contributed by atoms with Crippen molar-refractivity contribution >= 4 is 0 Å². The van der Waals surface area contributed by atoms with Crippen molar-refractivity contribution < 1.29 is 22.6 Å². The average Bonchev–Trinajstić information content (AvgIpc) is 2.81. The van der Waals surface area contributed by atoms with Crippen molar-refractivity contribution in [2.75, 3.05) is 14.2 Å². The van der Waals surface area contributed by atoms with Crippen LogP contribution in [0.2, 0.25) is 0 Å². The fraction of sp³-hybridized carbons (Fsp3) is 0.727. The van der Waals surface area contributed by atoms with Crippen molar-refractivity contribution in [3.05, 3.63) is 18.0 Å². The average molecular weight is 281 g/mol. The maximum Gasteiger partial charge on any atom is 0.408 e. The molecular formula is C11H18F3N3O2. The molecule has 110 valence electrons. The molecule has 1 aromatic heterocycles. The van der Waals surface area contributed by atoms with E-state index in [1.165, 1.54) is 20.4 Å². The van der Waals surface area contributed by atoms with Crippen LogP contribution in [0.3, 0.4) is 0 Å². The van der Waals surface area contributed by atoms with Gasteiger partial charge in [-0.2, -0.15) is 18.3 Å². The summed E-state index contributed by atoms with van der Waals surface area (Å²) >= 11 is 0. The maximum absolute atomic E-state index is 12.9. The normalized spacial score (nSPS) is 14.1. The van der Waals surface area contributed by atoms with Crippen molar-refractivity contribution in [2.45, 2.75) is 38.5 Å². The van der Waals surface area contributed by atoms with Gasteiger partial charge in [-0.15, -0.1) is 0 Å². The summed E-state index contributed by atoms with van der Waals surface area (Å²) in [7, 11) is 2.34. The van der Waals surface area contributed by atoms with Crippen molar-refractivity contribution in [1.29, 1.82) is 0 Å². The lowest BCUT2D eigenvalue weighted by atomic mass is 10.2. The summed E-state index contributed by atoms with van der Waals surface area (Å²) in [4.78, 5) is 0. The summed E-state index contributed by atoms with van der Waals surface area (Å²) in [6, 6.07) is -1.90. The second-order valence-electron chi connectivity index (χ2n) is 3.94. The zero-order valence-corrected chi connectivity index (χ0v) is 11.1. The second-order valence-corrected chi connectivity index (χ2v) is 3.94. The number of nitrogens with one attached hydrogen (secondary N) is 1. The number of aryl methyl sites for hydroxylation is 1. The minimum atomic E-state index is -4.46. The Morgan fingerprint density at radius 2 is 2.00 bits per heavy atom. The molecule has 5 nitrogen and oxygen atoms in total. The van der Waals surface area contributed by atoms with E-state index in [0.29, 0.717) is 12.1 Å². The molecule has 0 fully saturated rings. The van der Waals surface area contributed by atoms with Crippen LogP contribution in [0.4, 0.5) is 13.2 Å². The van der Waals surface area contributed by atoms with Crippen molar-refractivity contribution in [3.63, 3.8) is 0 Å². The first kappa shape index (κ1) is 15.9. The third kappa shape index (κ3) is 4.48. The predicted molar refractivity (Wildman–Crippen MR) is 62.4 cm³/mol. The number of halogens is 3. The first-order valence-electron chi connectivity index (χ1n) is 5.79. The molecule has 1 atom stereocenters. The molecule has 0 saturated heterocycles. The number of hydrogen-bond acceptors (Lipinski definition) is 4. The molecule has 19 heavy (non-hydrogen) atoms. The van der Waals surface area contributed by atoms with Crippen LogP contribution in [-0.4, -0.2) is 42.5 Å². The minimum absolute atomic E-state index is 0.0351. The van der Waals surface area contributed by atoms with Gasteiger partial charge in [0.05, 0.1) is 6.20 Å². The molecular weight excluding hydrogens is 263 g/mol. The van der Waals surface area contributed by atoms with E-state index in [-0.39, 0.29) is 6.54 Å². The third-order valence-electron chi connectivity index (χ3n) is 2.63. The van der Waals surface area contributed by atoms with E-state index in [9.17, 15) is 13.2 Å². The Bertz CT molecular complexity index is 378. The van der Waals surface area contributed by atoms with Gasteiger partial charge in [0.25, 0.3) is 0 Å². The molecule has 1 heterocycles. The summed E-state index contributed by atoms with van der Waals surface area (Å²) < 4.78 is 49.6. The topological polar surface area (TPSA) is 48.3 Å². The Morgan fingerprint density at radius 1 is 1.37 bits per heavy atom. The Hall–Kier alpha value is -1.12. The summed E-state index contributed by atoms with van der Waals surface area (Å²) in [6.07, 6.45) is -2.63. The first-order valence-corrected chi connectivity index (χ1v) is 5.79. The van der Waals surface area contributed by atoms with Gasteiger partial charge in [0.1, 0.15) is 0 Å². The molecule has 1 N–H and O–H groups in total. The van der Waals surface area contributed by atoms with E-state index in [1.807, 2.05) is 6.92 Å². The molecule has 0 bridgehead atoms. The number of alkyl halides is 3. The number of methoxy groups -OCH3 is 2. The summed E-state index contributed by atoms with van der Waals surface area (Å²) in [5.41, 5.74) is 0.669. The molecule has 0 amide bonds. The van der Waals surface area contributed by atoms with Gasteiger partial charge in [0.2, 0.25) is 0 Å². The van der Waals surface area contributed by atoms with Crippen LogP contribution in [0.15, 0.2) is 12.4 Å². The molecule has 0 aliphatic heterocycles. The largest absolute Gasteiger partial charge is 0.408 e. The summed E-state index contributed by atoms with van der Waals surface area (Å²) in [5.74, 6) is 0. The van der Waals surface area contributed by atoms with E-state index in [4.69, 9.17) is 0 Å². The van der Waals surface area contributed by atoms with Gasteiger partial charge in [-0.3, -0.25) is 10.00 Å². The zero-order valence-electron chi connectivity index (χ0n) is 11.1. The first-order chi connectivity index (χ1) is 8.92. The predicted octanol–water partition coefficient (Wildman–Crippen LogP) is 1.54. The molecule has 0 aromatic carbocycles. The molecule has 0 aliphatic carbocycles. The molecule has 8 heteroatoms. The zero-order chi connectivity index (χ0) is 14.5. The number of aromatic nitrogens is 2. The molecule has 1 aromatic rings. The van der Waals surface area contributed by atoms with Crippen LogP contribution in [-0.2, 0) is 22.6 Å². The fourth-order valence-electron chi connectivity index (χ4n) is 1.63. The lowest BCUT2D eigenvalue weighted by Gasteiger charge is -2.27. The highest BCUT2D eigenvalue weighted by atomic mass is 19.4. The van der Waals surface area contributed by atoms with Crippen molar-refractivity contribution in [1.82, 2.24) is 15.1 Å². The van der Waals surface area contributed by atoms with E-state index < -0.39 is 18.5 Å². The third-order valence-corrected chi connectivity index (χ3v) is 2.63. The fourth-order valence-corrected chi connectivity index (χ4v) is 1.63. The highest BCUT2D eigenvalue weighted by Gasteiger charge is 2.45. The number of nitrogens with zero attached hydrogens (tertiary/aromatic N) is 2. The molecule has 0 spiro atoms. The summed E-state index contributed by atoms with van der Waals surface area (Å²) in [6.45, 7) is 2.60. The Kier molecular flexibility index (Phi) is 5.77. The molecule has 1 rings (SSSR count). The number of hydrogen-bond donors (Lipinski definition) is 1. The van der Waals surface area contributed by atoms with E-state index in [2.05, 4.69) is 19.9 Å². The monoisotopic (exact) mass is 281 g/mol. The minimum Gasteiger partial charge on any atom is -0.354 e. The Balaban J connectivity index is 2.67. The highest BCUT2D eigenvalue weighted by molar-refractivity contribution is 5.03. The van der Waals surface area contributed by atoms with Gasteiger partial charge in [0.15, 0.2) is 12.3 Å². The van der Waals surface area contributed by atoms with Gasteiger partial charge < -0.3 is 9.47 Å². The molecule has 1 unspecified atom stereocenters. The van der Waals surface area contributed by atoms with Crippen LogP contribution in [0.25, 0.3) is 0 Å². The van der Waals surface area contributed by atoms with Crippen molar-refractivity contribution in [2.24, 2.45) is 0 Å². The lowest BCUT2D eigenvalue weighted by Crippen LogP contribution is -2.51. The van der Waals surface area contributed by atoms with E-state index in [1.54, 1.807) is 10.9 Å². The Labute approximate surface area is 109 Å². The number of rotatable bonds is 7. The Morgan fingerprint density at radius 3 is 2.42 bits per heavy atom. The van der Waals surface area contributed by atoms with Gasteiger partial charge in [-0.1, -0.05) is 0 Å². The summed E-state index contributed by atoms with van der Waals surface area (Å²) in [5, 5.41) is 6.38. The van der Waals surface area contributed by atoms with E-state index >= 15 is 0 Å². The number of ether oxygens (including phenoxy) is 2. The van der Waals surface area contributed by atoms with Crippen LogP contribution in [0.5, 0.6) is 0 Å². The van der Waals surface area contributed by atoms with Gasteiger partial charge >= 0.3 is 6.18 Å². The molecule has 0 aliphatic rings.